The lowest BCUT2D eigenvalue weighted by atomic mass is 10.0. The number of carbonyl (C=O) groups excluding carboxylic acids is 1. The first-order valence-corrected chi connectivity index (χ1v) is 10.5. The summed E-state index contributed by atoms with van der Waals surface area (Å²) >= 11 is 0. The van der Waals surface area contributed by atoms with Gasteiger partial charge in [-0.15, -0.1) is 0 Å². The van der Waals surface area contributed by atoms with Crippen molar-refractivity contribution in [3.05, 3.63) is 6.61 Å². The van der Waals surface area contributed by atoms with Crippen LogP contribution in [-0.4, -0.2) is 12.6 Å². The van der Waals surface area contributed by atoms with Crippen molar-refractivity contribution in [2.75, 3.05) is 6.54 Å². The molecule has 1 N–H and O–H groups in total. The number of carbonyl (C=O) groups is 1. The molecule has 1 radical (unpaired) electrons. The average Bonchev–Trinajstić information content (AvgIpc) is 2.58. The summed E-state index contributed by atoms with van der Waals surface area (Å²) in [5.74, 6) is 0. The maximum Gasteiger partial charge on any atom is 0.407 e. The Kier molecular flexibility index (Phi) is 19.7. The van der Waals surface area contributed by atoms with Crippen molar-refractivity contribution in [3.8, 4) is 0 Å². The highest BCUT2D eigenvalue weighted by atomic mass is 16.5. The van der Waals surface area contributed by atoms with Crippen LogP contribution in [0.2, 0.25) is 0 Å². The summed E-state index contributed by atoms with van der Waals surface area (Å²) in [6, 6.07) is 0. The Labute approximate surface area is 151 Å². The zero-order chi connectivity index (χ0) is 17.7. The minimum atomic E-state index is -0.335. The van der Waals surface area contributed by atoms with E-state index >= 15 is 0 Å². The predicted molar refractivity (Wildman–Crippen MR) is 104 cm³/mol. The maximum atomic E-state index is 11.0. The van der Waals surface area contributed by atoms with Crippen LogP contribution in [0.5, 0.6) is 0 Å². The van der Waals surface area contributed by atoms with Gasteiger partial charge in [0.25, 0.3) is 0 Å². The van der Waals surface area contributed by atoms with Gasteiger partial charge in [-0.1, -0.05) is 103 Å². The Balaban J connectivity index is 3.01. The molecule has 1 amide bonds. The zero-order valence-electron chi connectivity index (χ0n) is 16.4. The molecule has 0 aromatic heterocycles. The lowest BCUT2D eigenvalue weighted by molar-refractivity contribution is 0.173. The summed E-state index contributed by atoms with van der Waals surface area (Å²) in [5.41, 5.74) is 0. The van der Waals surface area contributed by atoms with E-state index in [1.54, 1.807) is 6.92 Å². The number of amides is 1. The van der Waals surface area contributed by atoms with Gasteiger partial charge in [-0.3, -0.25) is 0 Å². The molecule has 0 aliphatic carbocycles. The van der Waals surface area contributed by atoms with Gasteiger partial charge in [-0.25, -0.2) is 4.79 Å². The van der Waals surface area contributed by atoms with Crippen molar-refractivity contribution >= 4 is 6.09 Å². The van der Waals surface area contributed by atoms with Crippen molar-refractivity contribution < 1.29 is 9.53 Å². The maximum absolute atomic E-state index is 11.0. The zero-order valence-corrected chi connectivity index (χ0v) is 16.4. The molecular formula is C21H42NO2. The SMILES string of the molecule is C[CH]OC(=O)NCCCCCCCCCCCCCCCCCC. The van der Waals surface area contributed by atoms with E-state index in [0.717, 1.165) is 13.0 Å². The van der Waals surface area contributed by atoms with Crippen molar-refractivity contribution in [3.63, 3.8) is 0 Å². The summed E-state index contributed by atoms with van der Waals surface area (Å²) in [5, 5.41) is 2.74. The molecule has 0 bridgehead atoms. The van der Waals surface area contributed by atoms with E-state index < -0.39 is 0 Å². The topological polar surface area (TPSA) is 38.3 Å². The van der Waals surface area contributed by atoms with Crippen LogP contribution < -0.4 is 5.32 Å². The molecule has 0 rings (SSSR count). The van der Waals surface area contributed by atoms with Crippen LogP contribution in [-0.2, 0) is 4.74 Å². The molecule has 3 nitrogen and oxygen atoms in total. The van der Waals surface area contributed by atoms with Crippen LogP contribution in [0.1, 0.15) is 117 Å². The fourth-order valence-electron chi connectivity index (χ4n) is 3.01. The van der Waals surface area contributed by atoms with E-state index in [2.05, 4.69) is 12.2 Å². The molecule has 0 saturated heterocycles. The van der Waals surface area contributed by atoms with Crippen LogP contribution in [0.3, 0.4) is 0 Å². The molecule has 0 aliphatic heterocycles. The first kappa shape index (κ1) is 23.3. The number of nitrogens with one attached hydrogen (secondary N) is 1. The molecule has 143 valence electrons. The van der Waals surface area contributed by atoms with E-state index in [1.807, 2.05) is 0 Å². The normalized spacial score (nSPS) is 10.8. The number of alkyl carbamates (subject to hydrolysis) is 1. The number of rotatable bonds is 18. The fraction of sp³-hybridized carbons (Fsp3) is 0.905. The monoisotopic (exact) mass is 340 g/mol. The van der Waals surface area contributed by atoms with E-state index in [0.29, 0.717) is 0 Å². The second-order valence-corrected chi connectivity index (χ2v) is 6.87. The largest absolute Gasteiger partial charge is 0.443 e. The highest BCUT2D eigenvalue weighted by Crippen LogP contribution is 2.13. The molecule has 0 atom stereocenters. The fourth-order valence-corrected chi connectivity index (χ4v) is 3.01. The summed E-state index contributed by atoms with van der Waals surface area (Å²) in [7, 11) is 0. The summed E-state index contributed by atoms with van der Waals surface area (Å²) in [6.45, 7) is 6.12. The third-order valence-corrected chi connectivity index (χ3v) is 4.52. The quantitative estimate of drug-likeness (QED) is 0.269. The Morgan fingerprint density at radius 2 is 1.08 bits per heavy atom. The van der Waals surface area contributed by atoms with Crippen LogP contribution in [0, 0.1) is 6.61 Å². The Hall–Kier alpha value is -0.730. The highest BCUT2D eigenvalue weighted by Gasteiger charge is 1.98. The minimum Gasteiger partial charge on any atom is -0.443 e. The van der Waals surface area contributed by atoms with Gasteiger partial charge in [-0.05, 0) is 13.3 Å². The van der Waals surface area contributed by atoms with Crippen molar-refractivity contribution in [2.24, 2.45) is 0 Å². The molecule has 0 aromatic rings. The number of hydrogen-bond donors (Lipinski definition) is 1. The number of hydrogen-bond acceptors (Lipinski definition) is 2. The lowest BCUT2D eigenvalue weighted by Crippen LogP contribution is -2.24. The van der Waals surface area contributed by atoms with Crippen molar-refractivity contribution in [1.82, 2.24) is 5.32 Å². The second kappa shape index (κ2) is 20.3. The predicted octanol–water partition coefficient (Wildman–Crippen LogP) is 7.16. The standard InChI is InChI=1S/C21H42NO2/c1-3-5-6-7-8-9-10-11-12-13-14-15-16-17-18-19-20-22-21(23)24-4-2/h4H,3,5-20H2,1-2H3,(H,22,23). The minimum absolute atomic E-state index is 0.335. The molecule has 0 fully saturated rings. The average molecular weight is 341 g/mol. The van der Waals surface area contributed by atoms with E-state index in [1.165, 1.54) is 103 Å². The van der Waals surface area contributed by atoms with Gasteiger partial charge >= 0.3 is 6.09 Å². The molecular weight excluding hydrogens is 298 g/mol. The third-order valence-electron chi connectivity index (χ3n) is 4.52. The third kappa shape index (κ3) is 19.3. The Morgan fingerprint density at radius 3 is 1.46 bits per heavy atom. The van der Waals surface area contributed by atoms with Crippen molar-refractivity contribution in [2.45, 2.75) is 117 Å². The second-order valence-electron chi connectivity index (χ2n) is 6.87. The Bertz CT molecular complexity index is 256. The summed E-state index contributed by atoms with van der Waals surface area (Å²) in [4.78, 5) is 11.0. The van der Waals surface area contributed by atoms with Gasteiger partial charge in [0, 0.05) is 6.54 Å². The molecule has 3 heteroatoms. The van der Waals surface area contributed by atoms with E-state index in [9.17, 15) is 4.79 Å². The number of unbranched alkanes of at least 4 members (excludes halogenated alkanes) is 15. The van der Waals surface area contributed by atoms with Crippen LogP contribution in [0.15, 0.2) is 0 Å². The van der Waals surface area contributed by atoms with E-state index in [4.69, 9.17) is 4.74 Å². The van der Waals surface area contributed by atoms with Gasteiger partial charge < -0.3 is 10.1 Å². The number of ether oxygens (including phenoxy) is 1. The van der Waals surface area contributed by atoms with Gasteiger partial charge in [0.1, 0.15) is 6.61 Å². The van der Waals surface area contributed by atoms with Crippen LogP contribution in [0.25, 0.3) is 0 Å². The van der Waals surface area contributed by atoms with Gasteiger partial charge in [-0.2, -0.15) is 0 Å². The molecule has 0 aliphatic rings. The molecule has 0 heterocycles. The first-order valence-electron chi connectivity index (χ1n) is 10.5. The van der Waals surface area contributed by atoms with Crippen LogP contribution in [0.4, 0.5) is 4.79 Å². The Morgan fingerprint density at radius 1 is 0.708 bits per heavy atom. The van der Waals surface area contributed by atoms with E-state index in [-0.39, 0.29) is 6.09 Å². The summed E-state index contributed by atoms with van der Waals surface area (Å²) < 4.78 is 4.70. The molecule has 0 spiro atoms. The van der Waals surface area contributed by atoms with Gasteiger partial charge in [0.05, 0.1) is 0 Å². The molecule has 0 unspecified atom stereocenters. The van der Waals surface area contributed by atoms with Crippen LogP contribution >= 0.6 is 0 Å². The summed E-state index contributed by atoms with van der Waals surface area (Å²) in [6.07, 6.45) is 21.6. The highest BCUT2D eigenvalue weighted by molar-refractivity contribution is 5.67. The van der Waals surface area contributed by atoms with Gasteiger partial charge in [0.15, 0.2) is 0 Å². The van der Waals surface area contributed by atoms with Gasteiger partial charge in [0.2, 0.25) is 0 Å². The van der Waals surface area contributed by atoms with Crippen molar-refractivity contribution in [1.29, 1.82) is 0 Å². The molecule has 0 aromatic carbocycles. The smallest absolute Gasteiger partial charge is 0.407 e. The molecule has 24 heavy (non-hydrogen) atoms. The first-order chi connectivity index (χ1) is 11.8. The molecule has 0 saturated carbocycles. The lowest BCUT2D eigenvalue weighted by Gasteiger charge is -2.05.